The number of aromatic nitrogens is 2. The first kappa shape index (κ1) is 20.6. The predicted molar refractivity (Wildman–Crippen MR) is 117 cm³/mol. The van der Waals surface area contributed by atoms with Crippen LogP contribution in [0.15, 0.2) is 48.5 Å². The summed E-state index contributed by atoms with van der Waals surface area (Å²) in [6.45, 7) is 4.00. The molecule has 8 nitrogen and oxygen atoms in total. The largest absolute Gasteiger partial charge is 0.346 e. The van der Waals surface area contributed by atoms with E-state index < -0.39 is 11.9 Å². The highest BCUT2D eigenvalue weighted by atomic mass is 16.2. The summed E-state index contributed by atoms with van der Waals surface area (Å²) in [7, 11) is 1.92. The molecule has 2 atom stereocenters. The quantitative estimate of drug-likeness (QED) is 0.591. The number of nitrogens with one attached hydrogen (secondary N) is 3. The maximum atomic E-state index is 12.9. The van der Waals surface area contributed by atoms with Gasteiger partial charge in [-0.2, -0.15) is 0 Å². The Morgan fingerprint density at radius 2 is 1.84 bits per heavy atom. The van der Waals surface area contributed by atoms with E-state index in [0.717, 1.165) is 16.9 Å². The maximum Gasteiger partial charge on any atom is 0.254 e. The van der Waals surface area contributed by atoms with Crippen molar-refractivity contribution in [3.8, 4) is 0 Å². The number of benzene rings is 2. The van der Waals surface area contributed by atoms with Gasteiger partial charge >= 0.3 is 0 Å². The van der Waals surface area contributed by atoms with Gasteiger partial charge in [0.15, 0.2) is 0 Å². The van der Waals surface area contributed by atoms with Gasteiger partial charge in [0.1, 0.15) is 11.9 Å². The Bertz CT molecular complexity index is 1170. The molecule has 3 aromatic rings. The van der Waals surface area contributed by atoms with Crippen molar-refractivity contribution in [2.24, 2.45) is 13.0 Å². The molecule has 0 saturated heterocycles. The molecular formula is C23H25N5O3. The van der Waals surface area contributed by atoms with E-state index >= 15 is 0 Å². The third-order valence-electron chi connectivity index (χ3n) is 5.52. The fourth-order valence-electron chi connectivity index (χ4n) is 3.84. The number of hydrogen-bond donors (Lipinski definition) is 3. The Labute approximate surface area is 180 Å². The Hall–Kier alpha value is -3.68. The molecule has 0 radical (unpaired) electrons. The number of rotatable bonds is 5. The number of fused-ring (bicyclic) bond motifs is 2. The van der Waals surface area contributed by atoms with Crippen LogP contribution in [0.2, 0.25) is 0 Å². The molecule has 0 unspecified atom stereocenters. The van der Waals surface area contributed by atoms with Crippen LogP contribution in [0.5, 0.6) is 0 Å². The summed E-state index contributed by atoms with van der Waals surface area (Å²) in [5.41, 5.74) is 2.64. The molecule has 3 N–H and O–H groups in total. The molecule has 3 amide bonds. The second kappa shape index (κ2) is 8.22. The zero-order chi connectivity index (χ0) is 22.1. The molecule has 31 heavy (non-hydrogen) atoms. The summed E-state index contributed by atoms with van der Waals surface area (Å²) < 4.78 is 1.97. The number of para-hydroxylation sites is 3. The van der Waals surface area contributed by atoms with Crippen LogP contribution in [0.4, 0.5) is 5.69 Å². The highest BCUT2D eigenvalue weighted by Gasteiger charge is 2.31. The van der Waals surface area contributed by atoms with Crippen molar-refractivity contribution >= 4 is 34.4 Å². The minimum atomic E-state index is -0.965. The Balaban J connectivity index is 1.52. The van der Waals surface area contributed by atoms with Gasteiger partial charge in [-0.15, -0.1) is 0 Å². The van der Waals surface area contributed by atoms with Crippen molar-refractivity contribution in [1.82, 2.24) is 20.2 Å². The van der Waals surface area contributed by atoms with Gasteiger partial charge in [-0.05, 0) is 30.2 Å². The topological polar surface area (TPSA) is 105 Å². The van der Waals surface area contributed by atoms with Gasteiger partial charge in [0.2, 0.25) is 11.8 Å². The summed E-state index contributed by atoms with van der Waals surface area (Å²) >= 11 is 0. The van der Waals surface area contributed by atoms with Crippen molar-refractivity contribution < 1.29 is 14.4 Å². The van der Waals surface area contributed by atoms with E-state index in [-0.39, 0.29) is 30.2 Å². The Kier molecular flexibility index (Phi) is 5.46. The van der Waals surface area contributed by atoms with Crippen LogP contribution in [-0.4, -0.2) is 33.3 Å². The van der Waals surface area contributed by atoms with E-state index in [4.69, 9.17) is 4.98 Å². The first-order chi connectivity index (χ1) is 14.8. The lowest BCUT2D eigenvalue weighted by atomic mass is 10.0. The number of carbonyl (C=O) groups excluding carboxylic acids is 3. The summed E-state index contributed by atoms with van der Waals surface area (Å²) in [5.74, 6) is -0.329. The molecule has 8 heteroatoms. The molecule has 1 aromatic heterocycles. The second-order valence-corrected chi connectivity index (χ2v) is 8.07. The molecule has 0 saturated carbocycles. The third-order valence-corrected chi connectivity index (χ3v) is 5.52. The van der Waals surface area contributed by atoms with Gasteiger partial charge in [-0.3, -0.25) is 14.4 Å². The van der Waals surface area contributed by atoms with E-state index in [1.54, 1.807) is 24.3 Å². The highest BCUT2D eigenvalue weighted by molar-refractivity contribution is 6.10. The fourth-order valence-corrected chi connectivity index (χ4v) is 3.84. The van der Waals surface area contributed by atoms with E-state index in [9.17, 15) is 14.4 Å². The first-order valence-electron chi connectivity index (χ1n) is 10.3. The summed E-state index contributed by atoms with van der Waals surface area (Å²) in [6, 6.07) is 13.2. The van der Waals surface area contributed by atoms with Crippen LogP contribution in [-0.2, 0) is 16.6 Å². The number of hydrogen-bond acceptors (Lipinski definition) is 4. The van der Waals surface area contributed by atoms with Gasteiger partial charge in [0.25, 0.3) is 5.91 Å². The van der Waals surface area contributed by atoms with Crippen LogP contribution < -0.4 is 16.0 Å². The zero-order valence-corrected chi connectivity index (χ0v) is 17.7. The number of carbonyl (C=O) groups is 3. The maximum absolute atomic E-state index is 12.9. The molecule has 1 aliphatic rings. The zero-order valence-electron chi connectivity index (χ0n) is 17.7. The van der Waals surface area contributed by atoms with Gasteiger partial charge in [-0.1, -0.05) is 38.1 Å². The predicted octanol–water partition coefficient (Wildman–Crippen LogP) is 2.53. The van der Waals surface area contributed by atoms with Crippen LogP contribution >= 0.6 is 0 Å². The van der Waals surface area contributed by atoms with Gasteiger partial charge in [-0.25, -0.2) is 4.98 Å². The molecule has 2 aromatic carbocycles. The molecule has 0 aliphatic carbocycles. The minimum absolute atomic E-state index is 0.0706. The van der Waals surface area contributed by atoms with Gasteiger partial charge < -0.3 is 20.5 Å². The van der Waals surface area contributed by atoms with Crippen molar-refractivity contribution in [3.63, 3.8) is 0 Å². The summed E-state index contributed by atoms with van der Waals surface area (Å²) in [5, 5.41) is 8.39. The minimum Gasteiger partial charge on any atom is -0.346 e. The fraction of sp³-hybridized carbons (Fsp3) is 0.304. The highest BCUT2D eigenvalue weighted by Crippen LogP contribution is 2.25. The second-order valence-electron chi connectivity index (χ2n) is 8.07. The van der Waals surface area contributed by atoms with Crippen molar-refractivity contribution in [1.29, 1.82) is 0 Å². The SMILES string of the molecule is CC(C)[C@@H](NC(=O)C[C@H]1NC(=O)c2ccccc2NC1=O)c1nc2ccccc2n1C. The number of amides is 3. The molecule has 160 valence electrons. The lowest BCUT2D eigenvalue weighted by Gasteiger charge is -2.23. The average Bonchev–Trinajstić information content (AvgIpc) is 3.02. The number of nitrogens with zero attached hydrogens (tertiary/aromatic N) is 2. The summed E-state index contributed by atoms with van der Waals surface area (Å²) in [4.78, 5) is 42.7. The Morgan fingerprint density at radius 1 is 1.13 bits per heavy atom. The van der Waals surface area contributed by atoms with Gasteiger partial charge in [0, 0.05) is 7.05 Å². The first-order valence-corrected chi connectivity index (χ1v) is 10.3. The lowest BCUT2D eigenvalue weighted by molar-refractivity contribution is -0.126. The number of aryl methyl sites for hydroxylation is 1. The van der Waals surface area contributed by atoms with Crippen molar-refractivity contribution in [2.45, 2.75) is 32.4 Å². The summed E-state index contributed by atoms with van der Waals surface area (Å²) in [6.07, 6.45) is -0.168. The van der Waals surface area contributed by atoms with Crippen LogP contribution in [0.25, 0.3) is 11.0 Å². The molecule has 0 spiro atoms. The number of anilines is 1. The van der Waals surface area contributed by atoms with E-state index in [1.807, 2.05) is 49.7 Å². The molecule has 0 bridgehead atoms. The normalized spacial score (nSPS) is 17.0. The van der Waals surface area contributed by atoms with Crippen LogP contribution in [0, 0.1) is 5.92 Å². The third kappa shape index (κ3) is 4.01. The molecule has 4 rings (SSSR count). The van der Waals surface area contributed by atoms with Crippen molar-refractivity contribution in [3.05, 3.63) is 59.9 Å². The standard InChI is InChI=1S/C23H25N5O3/c1-13(2)20(21-24-16-10-6-7-11-18(16)28(21)3)27-19(29)12-17-23(31)25-15-9-5-4-8-14(15)22(30)26-17/h4-11,13,17,20H,12H2,1-3H3,(H,25,31)(H,26,30)(H,27,29)/t17-,20-/m1/s1. The molecule has 2 heterocycles. The average molecular weight is 419 g/mol. The monoisotopic (exact) mass is 419 g/mol. The Morgan fingerprint density at radius 3 is 2.58 bits per heavy atom. The molecular weight excluding hydrogens is 394 g/mol. The smallest absolute Gasteiger partial charge is 0.254 e. The van der Waals surface area contributed by atoms with Crippen LogP contribution in [0.3, 0.4) is 0 Å². The molecule has 1 aliphatic heterocycles. The van der Waals surface area contributed by atoms with Gasteiger partial charge in [0.05, 0.1) is 34.7 Å². The van der Waals surface area contributed by atoms with E-state index in [1.165, 1.54) is 0 Å². The van der Waals surface area contributed by atoms with E-state index in [2.05, 4.69) is 16.0 Å². The molecule has 0 fully saturated rings. The van der Waals surface area contributed by atoms with Crippen LogP contribution in [0.1, 0.15) is 42.5 Å². The van der Waals surface area contributed by atoms with E-state index in [0.29, 0.717) is 11.3 Å². The lowest BCUT2D eigenvalue weighted by Crippen LogP contribution is -2.45. The number of imidazole rings is 1. The van der Waals surface area contributed by atoms with Crippen molar-refractivity contribution in [2.75, 3.05) is 5.32 Å².